The Morgan fingerprint density at radius 2 is 1.85 bits per heavy atom. The highest BCUT2D eigenvalue weighted by Gasteiger charge is 2.13. The van der Waals surface area contributed by atoms with Gasteiger partial charge in [-0.05, 0) is 32.7 Å². The van der Waals surface area contributed by atoms with Crippen molar-refractivity contribution in [2.45, 2.75) is 52.2 Å². The number of hydrogen-bond acceptors (Lipinski definition) is 2. The summed E-state index contributed by atoms with van der Waals surface area (Å²) < 4.78 is 5.26. The maximum absolute atomic E-state index is 5.26. The minimum Gasteiger partial charge on any atom is -0.382 e. The molecule has 3 unspecified atom stereocenters. The highest BCUT2D eigenvalue weighted by Crippen LogP contribution is 2.13. The first-order valence-corrected chi connectivity index (χ1v) is 5.34. The van der Waals surface area contributed by atoms with Crippen molar-refractivity contribution in [1.29, 1.82) is 0 Å². The van der Waals surface area contributed by atoms with Crippen molar-refractivity contribution in [3.8, 4) is 0 Å². The number of hydrogen-bond donors (Lipinski definition) is 1. The summed E-state index contributed by atoms with van der Waals surface area (Å²) in [4.78, 5) is 0. The van der Waals surface area contributed by atoms with E-state index in [9.17, 15) is 0 Å². The highest BCUT2D eigenvalue weighted by atomic mass is 16.5. The molecule has 0 radical (unpaired) electrons. The zero-order valence-corrected chi connectivity index (χ0v) is 9.76. The van der Waals surface area contributed by atoms with Gasteiger partial charge in [-0.25, -0.2) is 0 Å². The molecule has 1 N–H and O–H groups in total. The Balaban J connectivity index is 3.74. The highest BCUT2D eigenvalue weighted by molar-refractivity contribution is 4.70. The van der Waals surface area contributed by atoms with E-state index in [4.69, 9.17) is 4.74 Å². The molecule has 0 bridgehead atoms. The smallest absolute Gasteiger partial charge is 0.0558 e. The first-order chi connectivity index (χ1) is 6.13. The fraction of sp³-hybridized carbons (Fsp3) is 1.00. The van der Waals surface area contributed by atoms with Gasteiger partial charge in [0.1, 0.15) is 0 Å². The molecule has 0 aliphatic heterocycles. The molecule has 0 fully saturated rings. The summed E-state index contributed by atoms with van der Waals surface area (Å²) in [5.74, 6) is 0.807. The molecule has 0 spiro atoms. The lowest BCUT2D eigenvalue weighted by atomic mass is 9.96. The van der Waals surface area contributed by atoms with E-state index in [0.29, 0.717) is 12.1 Å². The average molecular weight is 187 g/mol. The first kappa shape index (κ1) is 12.9. The van der Waals surface area contributed by atoms with E-state index >= 15 is 0 Å². The normalized spacial score (nSPS) is 18.2. The zero-order chi connectivity index (χ0) is 10.3. The number of methoxy groups -OCH3 is 1. The molecule has 80 valence electrons. The summed E-state index contributed by atoms with van der Waals surface area (Å²) >= 11 is 0. The third-order valence-corrected chi connectivity index (χ3v) is 2.81. The van der Waals surface area contributed by atoms with Crippen LogP contribution in [0.2, 0.25) is 0 Å². The minimum atomic E-state index is 0.363. The average Bonchev–Trinajstić information content (AvgIpc) is 2.16. The van der Waals surface area contributed by atoms with Crippen molar-refractivity contribution in [3.63, 3.8) is 0 Å². The van der Waals surface area contributed by atoms with Crippen LogP contribution in [-0.4, -0.2) is 26.3 Å². The van der Waals surface area contributed by atoms with E-state index < -0.39 is 0 Å². The molecule has 0 aromatic rings. The fourth-order valence-electron chi connectivity index (χ4n) is 1.48. The molecular weight excluding hydrogens is 162 g/mol. The van der Waals surface area contributed by atoms with Gasteiger partial charge in [0.05, 0.1) is 6.10 Å². The molecule has 0 aliphatic rings. The molecule has 0 aliphatic carbocycles. The molecule has 0 saturated heterocycles. The fourth-order valence-corrected chi connectivity index (χ4v) is 1.48. The van der Waals surface area contributed by atoms with Crippen molar-refractivity contribution in [2.75, 3.05) is 14.2 Å². The van der Waals surface area contributed by atoms with Crippen molar-refractivity contribution >= 4 is 0 Å². The molecule has 0 amide bonds. The zero-order valence-electron chi connectivity index (χ0n) is 9.76. The molecule has 2 heteroatoms. The van der Waals surface area contributed by atoms with Crippen LogP contribution in [0.4, 0.5) is 0 Å². The lowest BCUT2D eigenvalue weighted by Crippen LogP contribution is -2.31. The number of nitrogens with one attached hydrogen (secondary N) is 1. The van der Waals surface area contributed by atoms with Crippen molar-refractivity contribution in [3.05, 3.63) is 0 Å². The second kappa shape index (κ2) is 7.34. The van der Waals surface area contributed by atoms with Gasteiger partial charge in [0.2, 0.25) is 0 Å². The van der Waals surface area contributed by atoms with Gasteiger partial charge in [-0.1, -0.05) is 20.3 Å². The Morgan fingerprint density at radius 3 is 2.23 bits per heavy atom. The Hall–Kier alpha value is -0.0800. The molecule has 0 rings (SSSR count). The summed E-state index contributed by atoms with van der Waals surface area (Å²) in [5.41, 5.74) is 0. The van der Waals surface area contributed by atoms with Crippen LogP contribution >= 0.6 is 0 Å². The molecule has 0 heterocycles. The molecule has 0 aromatic carbocycles. The van der Waals surface area contributed by atoms with Crippen LogP contribution in [0, 0.1) is 5.92 Å². The van der Waals surface area contributed by atoms with Gasteiger partial charge in [-0.2, -0.15) is 0 Å². The van der Waals surface area contributed by atoms with E-state index in [1.54, 1.807) is 7.11 Å². The number of rotatable bonds is 7. The van der Waals surface area contributed by atoms with E-state index in [-0.39, 0.29) is 0 Å². The Bertz CT molecular complexity index is 105. The van der Waals surface area contributed by atoms with Gasteiger partial charge in [-0.15, -0.1) is 0 Å². The van der Waals surface area contributed by atoms with Gasteiger partial charge in [-0.3, -0.25) is 0 Å². The molecule has 0 aromatic heterocycles. The molecule has 3 atom stereocenters. The van der Waals surface area contributed by atoms with E-state index in [2.05, 4.69) is 26.1 Å². The lowest BCUT2D eigenvalue weighted by molar-refractivity contribution is 0.0982. The van der Waals surface area contributed by atoms with Gasteiger partial charge >= 0.3 is 0 Å². The van der Waals surface area contributed by atoms with Crippen LogP contribution in [-0.2, 0) is 4.74 Å². The van der Waals surface area contributed by atoms with Crippen LogP contribution in [0.15, 0.2) is 0 Å². The van der Waals surface area contributed by atoms with Gasteiger partial charge < -0.3 is 10.1 Å². The van der Waals surface area contributed by atoms with E-state index in [1.807, 2.05) is 7.05 Å². The third kappa shape index (κ3) is 6.05. The van der Waals surface area contributed by atoms with Crippen LogP contribution in [0.1, 0.15) is 40.0 Å². The predicted molar refractivity (Wildman–Crippen MR) is 58.0 cm³/mol. The monoisotopic (exact) mass is 187 g/mol. The van der Waals surface area contributed by atoms with Gasteiger partial charge in [0, 0.05) is 13.2 Å². The molecule has 0 saturated carbocycles. The van der Waals surface area contributed by atoms with Gasteiger partial charge in [0.25, 0.3) is 0 Å². The van der Waals surface area contributed by atoms with Gasteiger partial charge in [0.15, 0.2) is 0 Å². The predicted octanol–water partition coefficient (Wildman–Crippen LogP) is 2.44. The summed E-state index contributed by atoms with van der Waals surface area (Å²) in [6, 6.07) is 0.602. The summed E-state index contributed by atoms with van der Waals surface area (Å²) in [6.07, 6.45) is 3.99. The topological polar surface area (TPSA) is 21.3 Å². The largest absolute Gasteiger partial charge is 0.382 e. The van der Waals surface area contributed by atoms with E-state index in [0.717, 1.165) is 12.3 Å². The quantitative estimate of drug-likeness (QED) is 0.661. The number of ether oxygens (including phenoxy) is 1. The standard InChI is InChI=1S/C11H25NO/c1-6-9(2)7-11(12-4)8-10(3)13-5/h9-12H,6-8H2,1-5H3. The molecule has 13 heavy (non-hydrogen) atoms. The summed E-state index contributed by atoms with van der Waals surface area (Å²) in [7, 11) is 3.82. The summed E-state index contributed by atoms with van der Waals surface area (Å²) in [5, 5.41) is 3.35. The second-order valence-corrected chi connectivity index (χ2v) is 4.02. The van der Waals surface area contributed by atoms with Crippen molar-refractivity contribution in [2.24, 2.45) is 5.92 Å². The Labute approximate surface area is 83.1 Å². The van der Waals surface area contributed by atoms with Crippen LogP contribution in [0.3, 0.4) is 0 Å². The third-order valence-electron chi connectivity index (χ3n) is 2.81. The van der Waals surface area contributed by atoms with Crippen molar-refractivity contribution in [1.82, 2.24) is 5.32 Å². The SMILES string of the molecule is CCC(C)CC(CC(C)OC)NC. The first-order valence-electron chi connectivity index (χ1n) is 5.34. The maximum atomic E-state index is 5.26. The van der Waals surface area contributed by atoms with Crippen molar-refractivity contribution < 1.29 is 4.74 Å². The van der Waals surface area contributed by atoms with Crippen LogP contribution < -0.4 is 5.32 Å². The Kier molecular flexibility index (Phi) is 7.29. The molecule has 2 nitrogen and oxygen atoms in total. The summed E-state index contributed by atoms with van der Waals surface area (Å²) in [6.45, 7) is 6.68. The molecular formula is C11H25NO. The van der Waals surface area contributed by atoms with Crippen LogP contribution in [0.5, 0.6) is 0 Å². The minimum absolute atomic E-state index is 0.363. The second-order valence-electron chi connectivity index (χ2n) is 4.02. The lowest BCUT2D eigenvalue weighted by Gasteiger charge is -2.22. The van der Waals surface area contributed by atoms with E-state index in [1.165, 1.54) is 12.8 Å². The Morgan fingerprint density at radius 1 is 1.23 bits per heavy atom. The van der Waals surface area contributed by atoms with Crippen LogP contribution in [0.25, 0.3) is 0 Å². The maximum Gasteiger partial charge on any atom is 0.0558 e.